The van der Waals surface area contributed by atoms with Gasteiger partial charge >= 0.3 is 0 Å². The second-order valence-electron chi connectivity index (χ2n) is 7.67. The summed E-state index contributed by atoms with van der Waals surface area (Å²) >= 11 is 0. The van der Waals surface area contributed by atoms with Crippen molar-refractivity contribution in [2.45, 2.75) is 19.0 Å². The van der Waals surface area contributed by atoms with Crippen molar-refractivity contribution < 1.29 is 14.3 Å². The zero-order valence-electron chi connectivity index (χ0n) is 17.4. The van der Waals surface area contributed by atoms with Gasteiger partial charge in [-0.15, -0.1) is 0 Å². The Morgan fingerprint density at radius 3 is 2.68 bits per heavy atom. The van der Waals surface area contributed by atoms with Gasteiger partial charge in [-0.05, 0) is 34.9 Å². The Morgan fingerprint density at radius 2 is 1.94 bits per heavy atom. The molecule has 0 aliphatic carbocycles. The van der Waals surface area contributed by atoms with Crippen molar-refractivity contribution in [3.8, 4) is 5.75 Å². The third-order valence-corrected chi connectivity index (χ3v) is 5.53. The van der Waals surface area contributed by atoms with E-state index in [9.17, 15) is 9.59 Å². The average Bonchev–Trinajstić information content (AvgIpc) is 3.19. The minimum absolute atomic E-state index is 0.0124. The number of carbonyl (C=O) groups is 2. The standard InChI is InChI=1S/C25H25N3O3/c1-31-22-11-5-10-20(13-22)24(19-8-3-2-4-9-19)27-25(30)21-14-23(29)28(17-21)16-18-7-6-12-26-15-18/h2-13,15,21,24H,14,16-17H2,1H3,(H,27,30). The lowest BCUT2D eigenvalue weighted by molar-refractivity contribution is -0.129. The highest BCUT2D eigenvalue weighted by Crippen LogP contribution is 2.27. The van der Waals surface area contributed by atoms with Crippen molar-refractivity contribution in [2.24, 2.45) is 5.92 Å². The molecular weight excluding hydrogens is 390 g/mol. The Labute approximate surface area is 181 Å². The normalized spacial score (nSPS) is 16.7. The van der Waals surface area contributed by atoms with Crippen LogP contribution in [0.15, 0.2) is 79.1 Å². The molecule has 31 heavy (non-hydrogen) atoms. The number of carbonyl (C=O) groups excluding carboxylic acids is 2. The SMILES string of the molecule is COc1cccc(C(NC(=O)C2CC(=O)N(Cc3cccnc3)C2)c2ccccc2)c1. The fourth-order valence-corrected chi connectivity index (χ4v) is 3.90. The third kappa shape index (κ3) is 4.91. The topological polar surface area (TPSA) is 71.5 Å². The molecule has 6 heteroatoms. The van der Waals surface area contributed by atoms with Crippen LogP contribution in [0.25, 0.3) is 0 Å². The van der Waals surface area contributed by atoms with E-state index in [2.05, 4.69) is 10.3 Å². The highest BCUT2D eigenvalue weighted by atomic mass is 16.5. The number of benzene rings is 2. The molecular formula is C25H25N3O3. The summed E-state index contributed by atoms with van der Waals surface area (Å²) in [6.45, 7) is 0.869. The minimum Gasteiger partial charge on any atom is -0.497 e. The summed E-state index contributed by atoms with van der Waals surface area (Å²) in [6.07, 6.45) is 3.66. The molecule has 2 heterocycles. The van der Waals surface area contributed by atoms with Crippen molar-refractivity contribution in [2.75, 3.05) is 13.7 Å². The predicted octanol–water partition coefficient (Wildman–Crippen LogP) is 3.34. The van der Waals surface area contributed by atoms with E-state index in [0.717, 1.165) is 22.4 Å². The highest BCUT2D eigenvalue weighted by molar-refractivity contribution is 5.89. The largest absolute Gasteiger partial charge is 0.497 e. The second-order valence-corrected chi connectivity index (χ2v) is 7.67. The van der Waals surface area contributed by atoms with Crippen LogP contribution in [-0.2, 0) is 16.1 Å². The molecule has 1 aliphatic heterocycles. The molecule has 2 unspecified atom stereocenters. The second kappa shape index (κ2) is 9.43. The summed E-state index contributed by atoms with van der Waals surface area (Å²) in [4.78, 5) is 31.5. The van der Waals surface area contributed by atoms with Gasteiger partial charge in [-0.1, -0.05) is 48.5 Å². The maximum atomic E-state index is 13.2. The molecule has 6 nitrogen and oxygen atoms in total. The van der Waals surface area contributed by atoms with Crippen LogP contribution >= 0.6 is 0 Å². The van der Waals surface area contributed by atoms with E-state index in [-0.39, 0.29) is 30.2 Å². The Hall–Kier alpha value is -3.67. The van der Waals surface area contributed by atoms with E-state index in [1.54, 1.807) is 24.4 Å². The fourth-order valence-electron chi connectivity index (χ4n) is 3.90. The van der Waals surface area contributed by atoms with E-state index in [4.69, 9.17) is 4.74 Å². The molecule has 0 saturated carbocycles. The maximum Gasteiger partial charge on any atom is 0.226 e. The van der Waals surface area contributed by atoms with Gasteiger partial charge in [0.2, 0.25) is 11.8 Å². The van der Waals surface area contributed by atoms with Crippen LogP contribution in [0.4, 0.5) is 0 Å². The molecule has 2 atom stereocenters. The van der Waals surface area contributed by atoms with Crippen molar-refractivity contribution >= 4 is 11.8 Å². The van der Waals surface area contributed by atoms with Crippen LogP contribution in [0.1, 0.15) is 29.2 Å². The van der Waals surface area contributed by atoms with E-state index in [1.807, 2.05) is 66.7 Å². The monoisotopic (exact) mass is 415 g/mol. The first-order valence-corrected chi connectivity index (χ1v) is 10.3. The van der Waals surface area contributed by atoms with Gasteiger partial charge in [0, 0.05) is 31.9 Å². The number of hydrogen-bond acceptors (Lipinski definition) is 4. The fraction of sp³-hybridized carbons (Fsp3) is 0.240. The molecule has 2 aromatic carbocycles. The van der Waals surface area contributed by atoms with Crippen LogP contribution in [0.5, 0.6) is 5.75 Å². The maximum absolute atomic E-state index is 13.2. The van der Waals surface area contributed by atoms with Crippen LogP contribution in [0.2, 0.25) is 0 Å². The molecule has 1 saturated heterocycles. The van der Waals surface area contributed by atoms with E-state index >= 15 is 0 Å². The zero-order chi connectivity index (χ0) is 21.6. The van der Waals surface area contributed by atoms with Crippen molar-refractivity contribution in [3.63, 3.8) is 0 Å². The number of pyridine rings is 1. The Bertz CT molecular complexity index is 1040. The van der Waals surface area contributed by atoms with Gasteiger partial charge in [0.1, 0.15) is 5.75 Å². The van der Waals surface area contributed by atoms with Gasteiger partial charge in [0.05, 0.1) is 19.1 Å². The lowest BCUT2D eigenvalue weighted by Crippen LogP contribution is -2.36. The summed E-state index contributed by atoms with van der Waals surface area (Å²) in [5.74, 6) is 0.202. The van der Waals surface area contributed by atoms with Crippen LogP contribution < -0.4 is 10.1 Å². The van der Waals surface area contributed by atoms with Gasteiger partial charge < -0.3 is 15.0 Å². The van der Waals surface area contributed by atoms with Crippen molar-refractivity contribution in [1.82, 2.24) is 15.2 Å². The lowest BCUT2D eigenvalue weighted by Gasteiger charge is -2.22. The lowest BCUT2D eigenvalue weighted by atomic mass is 9.97. The van der Waals surface area contributed by atoms with E-state index in [0.29, 0.717) is 13.1 Å². The molecule has 0 radical (unpaired) electrons. The smallest absolute Gasteiger partial charge is 0.226 e. The van der Waals surface area contributed by atoms with Gasteiger partial charge in [-0.3, -0.25) is 14.6 Å². The number of nitrogens with zero attached hydrogens (tertiary/aromatic N) is 2. The Kier molecular flexibility index (Phi) is 6.26. The van der Waals surface area contributed by atoms with Gasteiger partial charge in [-0.2, -0.15) is 0 Å². The van der Waals surface area contributed by atoms with Crippen molar-refractivity contribution in [3.05, 3.63) is 95.8 Å². The summed E-state index contributed by atoms with van der Waals surface area (Å²) in [6, 6.07) is 20.9. The number of ether oxygens (including phenoxy) is 1. The number of methoxy groups -OCH3 is 1. The minimum atomic E-state index is -0.388. The molecule has 3 aromatic rings. The van der Waals surface area contributed by atoms with Crippen LogP contribution in [-0.4, -0.2) is 35.4 Å². The number of likely N-dealkylation sites (tertiary alicyclic amines) is 1. The Morgan fingerprint density at radius 1 is 1.13 bits per heavy atom. The number of amides is 2. The molecule has 1 fully saturated rings. The van der Waals surface area contributed by atoms with Crippen LogP contribution in [0.3, 0.4) is 0 Å². The van der Waals surface area contributed by atoms with Crippen LogP contribution in [0, 0.1) is 5.92 Å². The number of rotatable bonds is 7. The number of nitrogens with one attached hydrogen (secondary N) is 1. The number of hydrogen-bond donors (Lipinski definition) is 1. The van der Waals surface area contributed by atoms with Crippen molar-refractivity contribution in [1.29, 1.82) is 0 Å². The predicted molar refractivity (Wildman–Crippen MR) is 117 cm³/mol. The van der Waals surface area contributed by atoms with Gasteiger partial charge in [0.25, 0.3) is 0 Å². The molecule has 1 N–H and O–H groups in total. The molecule has 0 bridgehead atoms. The zero-order valence-corrected chi connectivity index (χ0v) is 17.4. The Balaban J connectivity index is 1.50. The van der Waals surface area contributed by atoms with E-state index in [1.165, 1.54) is 0 Å². The summed E-state index contributed by atoms with van der Waals surface area (Å²) in [5.41, 5.74) is 2.85. The van der Waals surface area contributed by atoms with E-state index < -0.39 is 0 Å². The highest BCUT2D eigenvalue weighted by Gasteiger charge is 2.35. The summed E-state index contributed by atoms with van der Waals surface area (Å²) in [5, 5.41) is 3.16. The molecule has 4 rings (SSSR count). The molecule has 1 aliphatic rings. The van der Waals surface area contributed by atoms with Gasteiger partial charge in [-0.25, -0.2) is 0 Å². The summed E-state index contributed by atoms with van der Waals surface area (Å²) in [7, 11) is 1.62. The first-order chi connectivity index (χ1) is 15.1. The molecule has 2 amide bonds. The molecule has 1 aromatic heterocycles. The third-order valence-electron chi connectivity index (χ3n) is 5.53. The summed E-state index contributed by atoms with van der Waals surface area (Å²) < 4.78 is 5.36. The molecule has 158 valence electrons. The quantitative estimate of drug-likeness (QED) is 0.642. The first-order valence-electron chi connectivity index (χ1n) is 10.3. The first kappa shape index (κ1) is 20.6. The average molecular weight is 415 g/mol. The van der Waals surface area contributed by atoms with Gasteiger partial charge in [0.15, 0.2) is 0 Å². The molecule has 0 spiro atoms. The number of aromatic nitrogens is 1.